The quantitative estimate of drug-likeness (QED) is 0.891. The normalized spacial score (nSPS) is 10.3. The van der Waals surface area contributed by atoms with E-state index >= 15 is 0 Å². The molecule has 0 aliphatic rings. The number of benzene rings is 2. The second-order valence-electron chi connectivity index (χ2n) is 5.55. The van der Waals surface area contributed by atoms with Crippen molar-refractivity contribution in [1.82, 2.24) is 5.32 Å². The van der Waals surface area contributed by atoms with E-state index in [0.717, 1.165) is 22.6 Å². The first kappa shape index (κ1) is 16.9. The van der Waals surface area contributed by atoms with Crippen molar-refractivity contribution in [3.05, 3.63) is 58.7 Å². The van der Waals surface area contributed by atoms with Gasteiger partial charge >= 0.3 is 0 Å². The maximum Gasteiger partial charge on any atom is 0.224 e. The van der Waals surface area contributed by atoms with Crippen molar-refractivity contribution in [2.75, 3.05) is 14.2 Å². The summed E-state index contributed by atoms with van der Waals surface area (Å²) in [6.45, 7) is 4.55. The highest BCUT2D eigenvalue weighted by Gasteiger charge is 2.09. The van der Waals surface area contributed by atoms with Crippen LogP contribution in [0.4, 0.5) is 0 Å². The van der Waals surface area contributed by atoms with Crippen LogP contribution >= 0.6 is 0 Å². The number of amides is 1. The van der Waals surface area contributed by atoms with Gasteiger partial charge in [0.1, 0.15) is 11.5 Å². The lowest BCUT2D eigenvalue weighted by Crippen LogP contribution is -2.24. The van der Waals surface area contributed by atoms with Crippen LogP contribution in [0, 0.1) is 13.8 Å². The lowest BCUT2D eigenvalue weighted by atomic mass is 10.0. The molecule has 0 aliphatic carbocycles. The molecule has 0 saturated heterocycles. The lowest BCUT2D eigenvalue weighted by Gasteiger charge is -2.13. The molecule has 2 rings (SSSR count). The van der Waals surface area contributed by atoms with Gasteiger partial charge in [-0.1, -0.05) is 18.2 Å². The summed E-state index contributed by atoms with van der Waals surface area (Å²) in [6.07, 6.45) is 0.324. The second-order valence-corrected chi connectivity index (χ2v) is 5.55. The molecular weight excluding hydrogens is 290 g/mol. The van der Waals surface area contributed by atoms with E-state index in [9.17, 15) is 4.79 Å². The van der Waals surface area contributed by atoms with Crippen LogP contribution in [0.5, 0.6) is 11.5 Å². The summed E-state index contributed by atoms with van der Waals surface area (Å²) >= 11 is 0. The lowest BCUT2D eigenvalue weighted by molar-refractivity contribution is -0.120. The Morgan fingerprint density at radius 3 is 2.48 bits per heavy atom. The van der Waals surface area contributed by atoms with Crippen LogP contribution in [0.25, 0.3) is 0 Å². The van der Waals surface area contributed by atoms with Gasteiger partial charge in [0.2, 0.25) is 5.91 Å². The SMILES string of the molecule is COc1cccc(CC(=O)NCc2cc(C)c(C)cc2OC)c1. The van der Waals surface area contributed by atoms with E-state index in [-0.39, 0.29) is 5.91 Å². The van der Waals surface area contributed by atoms with E-state index in [1.54, 1.807) is 14.2 Å². The van der Waals surface area contributed by atoms with E-state index < -0.39 is 0 Å². The number of ether oxygens (including phenoxy) is 2. The van der Waals surface area contributed by atoms with E-state index in [0.29, 0.717) is 13.0 Å². The maximum absolute atomic E-state index is 12.1. The van der Waals surface area contributed by atoms with Gasteiger partial charge in [-0.3, -0.25) is 4.79 Å². The van der Waals surface area contributed by atoms with Crippen molar-refractivity contribution >= 4 is 5.91 Å². The first-order valence-electron chi connectivity index (χ1n) is 7.57. The molecule has 1 N–H and O–H groups in total. The number of carbonyl (C=O) groups excluding carboxylic acids is 1. The van der Waals surface area contributed by atoms with E-state index in [1.165, 1.54) is 11.1 Å². The zero-order valence-corrected chi connectivity index (χ0v) is 14.1. The van der Waals surface area contributed by atoms with Gasteiger partial charge in [-0.05, 0) is 48.7 Å². The summed E-state index contributed by atoms with van der Waals surface area (Å²) in [4.78, 5) is 12.1. The minimum atomic E-state index is -0.0291. The minimum absolute atomic E-state index is 0.0291. The van der Waals surface area contributed by atoms with Gasteiger partial charge in [0.15, 0.2) is 0 Å². The standard InChI is InChI=1S/C19H23NO3/c1-13-8-16(18(23-4)9-14(13)2)12-20-19(21)11-15-6-5-7-17(10-15)22-3/h5-10H,11-12H2,1-4H3,(H,20,21). The number of aryl methyl sites for hydroxylation is 2. The molecule has 0 aliphatic heterocycles. The molecule has 23 heavy (non-hydrogen) atoms. The number of rotatable bonds is 6. The largest absolute Gasteiger partial charge is 0.497 e. The zero-order chi connectivity index (χ0) is 16.8. The third-order valence-corrected chi connectivity index (χ3v) is 3.87. The van der Waals surface area contributed by atoms with Crippen LogP contribution in [0.3, 0.4) is 0 Å². The first-order chi connectivity index (χ1) is 11.0. The first-order valence-corrected chi connectivity index (χ1v) is 7.57. The van der Waals surface area contributed by atoms with Crippen molar-refractivity contribution in [3.63, 3.8) is 0 Å². The number of carbonyl (C=O) groups is 1. The summed E-state index contributed by atoms with van der Waals surface area (Å²) in [5.41, 5.74) is 4.26. The Kier molecular flexibility index (Phi) is 5.63. The molecule has 0 unspecified atom stereocenters. The van der Waals surface area contributed by atoms with Crippen LogP contribution in [0.1, 0.15) is 22.3 Å². The average molecular weight is 313 g/mol. The Hall–Kier alpha value is -2.49. The fourth-order valence-corrected chi connectivity index (χ4v) is 2.40. The Morgan fingerprint density at radius 2 is 1.78 bits per heavy atom. The van der Waals surface area contributed by atoms with Gasteiger partial charge in [0.05, 0.1) is 20.6 Å². The van der Waals surface area contributed by atoms with Gasteiger partial charge in [0.25, 0.3) is 0 Å². The summed E-state index contributed by atoms with van der Waals surface area (Å²) < 4.78 is 10.6. The maximum atomic E-state index is 12.1. The molecule has 0 heterocycles. The molecule has 0 atom stereocenters. The number of hydrogen-bond donors (Lipinski definition) is 1. The van der Waals surface area contributed by atoms with Crippen molar-refractivity contribution < 1.29 is 14.3 Å². The molecule has 0 saturated carbocycles. The predicted molar refractivity (Wildman–Crippen MR) is 91.0 cm³/mol. The topological polar surface area (TPSA) is 47.6 Å². The monoisotopic (exact) mass is 313 g/mol. The Balaban J connectivity index is 2.00. The zero-order valence-electron chi connectivity index (χ0n) is 14.1. The van der Waals surface area contributed by atoms with Crippen LogP contribution in [0.2, 0.25) is 0 Å². The highest BCUT2D eigenvalue weighted by molar-refractivity contribution is 5.78. The third kappa shape index (κ3) is 4.49. The van der Waals surface area contributed by atoms with Gasteiger partial charge in [0, 0.05) is 12.1 Å². The molecule has 0 bridgehead atoms. The fourth-order valence-electron chi connectivity index (χ4n) is 2.40. The highest BCUT2D eigenvalue weighted by Crippen LogP contribution is 2.23. The van der Waals surface area contributed by atoms with Gasteiger partial charge < -0.3 is 14.8 Å². The molecule has 2 aromatic carbocycles. The fraction of sp³-hybridized carbons (Fsp3) is 0.316. The van der Waals surface area contributed by atoms with E-state index in [1.807, 2.05) is 37.3 Å². The number of methoxy groups -OCH3 is 2. The molecule has 2 aromatic rings. The molecular formula is C19H23NO3. The smallest absolute Gasteiger partial charge is 0.224 e. The summed E-state index contributed by atoms with van der Waals surface area (Å²) in [5, 5.41) is 2.95. The molecule has 4 heteroatoms. The number of nitrogens with one attached hydrogen (secondary N) is 1. The molecule has 0 aromatic heterocycles. The van der Waals surface area contributed by atoms with Crippen LogP contribution in [-0.2, 0) is 17.8 Å². The summed E-state index contributed by atoms with van der Waals surface area (Å²) in [5.74, 6) is 1.53. The van der Waals surface area contributed by atoms with Crippen molar-refractivity contribution in [2.24, 2.45) is 0 Å². The molecule has 0 radical (unpaired) electrons. The van der Waals surface area contributed by atoms with Crippen LogP contribution in [-0.4, -0.2) is 20.1 Å². The molecule has 1 amide bonds. The van der Waals surface area contributed by atoms with Gasteiger partial charge in [-0.15, -0.1) is 0 Å². The van der Waals surface area contributed by atoms with Crippen molar-refractivity contribution in [2.45, 2.75) is 26.8 Å². The van der Waals surface area contributed by atoms with Crippen molar-refractivity contribution in [3.8, 4) is 11.5 Å². The average Bonchev–Trinajstić information content (AvgIpc) is 2.55. The predicted octanol–water partition coefficient (Wildman–Crippen LogP) is 3.18. The van der Waals surface area contributed by atoms with Gasteiger partial charge in [-0.25, -0.2) is 0 Å². The van der Waals surface area contributed by atoms with E-state index in [2.05, 4.69) is 18.3 Å². The Labute approximate surface area is 137 Å². The second kappa shape index (κ2) is 7.68. The highest BCUT2D eigenvalue weighted by atomic mass is 16.5. The summed E-state index contributed by atoms with van der Waals surface area (Å²) in [6, 6.07) is 11.6. The molecule has 0 fully saturated rings. The third-order valence-electron chi connectivity index (χ3n) is 3.87. The van der Waals surface area contributed by atoms with Crippen LogP contribution in [0.15, 0.2) is 36.4 Å². The number of hydrogen-bond acceptors (Lipinski definition) is 3. The Bertz CT molecular complexity index is 695. The van der Waals surface area contributed by atoms with Crippen LogP contribution < -0.4 is 14.8 Å². The van der Waals surface area contributed by atoms with Crippen molar-refractivity contribution in [1.29, 1.82) is 0 Å². The molecule has 0 spiro atoms. The van der Waals surface area contributed by atoms with Gasteiger partial charge in [-0.2, -0.15) is 0 Å². The van der Waals surface area contributed by atoms with E-state index in [4.69, 9.17) is 9.47 Å². The Morgan fingerprint density at radius 1 is 1.04 bits per heavy atom. The molecule has 4 nitrogen and oxygen atoms in total. The minimum Gasteiger partial charge on any atom is -0.497 e. The summed E-state index contributed by atoms with van der Waals surface area (Å²) in [7, 11) is 3.26. The molecule has 122 valence electrons.